The molecule has 0 N–H and O–H groups in total. The van der Waals surface area contributed by atoms with Gasteiger partial charge in [-0.25, -0.2) is 14.8 Å². The van der Waals surface area contributed by atoms with Gasteiger partial charge in [0.1, 0.15) is 16.0 Å². The summed E-state index contributed by atoms with van der Waals surface area (Å²) in [5, 5.41) is 3.36. The predicted molar refractivity (Wildman–Crippen MR) is 158 cm³/mol. The van der Waals surface area contributed by atoms with Gasteiger partial charge in [-0.05, 0) is 30.7 Å². The van der Waals surface area contributed by atoms with E-state index in [1.54, 1.807) is 42.0 Å². The van der Waals surface area contributed by atoms with Gasteiger partial charge >= 0.3 is 5.69 Å². The van der Waals surface area contributed by atoms with Crippen LogP contribution in [0.4, 0.5) is 0 Å². The van der Waals surface area contributed by atoms with Crippen LogP contribution in [0, 0.1) is 6.92 Å². The molecule has 14 heteroatoms. The number of aryl methyl sites for hydroxylation is 2. The summed E-state index contributed by atoms with van der Waals surface area (Å²) in [6.45, 7) is 3.28. The summed E-state index contributed by atoms with van der Waals surface area (Å²) in [7, 11) is 3.22. The van der Waals surface area contributed by atoms with Crippen molar-refractivity contribution in [2.75, 3.05) is 0 Å². The summed E-state index contributed by atoms with van der Waals surface area (Å²) in [5.74, 6) is 0.672. The molecule has 0 fully saturated rings. The maximum Gasteiger partial charge on any atom is 0.331 e. The fraction of sp³-hybridized carbons (Fsp3) is 0.304. The molecule has 9 nitrogen and oxygen atoms in total. The Labute approximate surface area is 239 Å². The highest BCUT2D eigenvalue weighted by atomic mass is 35.5. The second-order valence-corrected chi connectivity index (χ2v) is 11.2. The second kappa shape index (κ2) is 10.4. The summed E-state index contributed by atoms with van der Waals surface area (Å²) >= 11 is 9.39. The summed E-state index contributed by atoms with van der Waals surface area (Å²) in [6, 6.07) is 3.57. The van der Waals surface area contributed by atoms with Crippen LogP contribution in [-0.2, 0) is 27.2 Å². The van der Waals surface area contributed by atoms with Crippen molar-refractivity contribution < 1.29 is 4.42 Å². The highest BCUT2D eigenvalue weighted by Crippen LogP contribution is 2.49. The number of thioether (sulfide) groups is 1. The number of nitrogens with zero attached hydrogens (tertiary/aromatic N) is 6. The molecule has 2 atom stereocenters. The van der Waals surface area contributed by atoms with Crippen molar-refractivity contribution >= 4 is 72.6 Å². The maximum atomic E-state index is 13.6. The lowest BCUT2D eigenvalue weighted by molar-refractivity contribution is 0.497. The Balaban J connectivity index is 0.00000160. The van der Waals surface area contributed by atoms with E-state index in [1.807, 2.05) is 29.1 Å². The molecular formula is C23H25ClN6O3S4. The molecule has 0 saturated heterocycles. The molecule has 5 aromatic heterocycles. The first kappa shape index (κ1) is 27.7. The first-order valence-corrected chi connectivity index (χ1v) is 13.1. The third-order valence-corrected chi connectivity index (χ3v) is 8.90. The molecular weight excluding hydrogens is 572 g/mol. The van der Waals surface area contributed by atoms with Gasteiger partial charge in [0, 0.05) is 55.9 Å². The molecule has 196 valence electrons. The highest BCUT2D eigenvalue weighted by Gasteiger charge is 2.38. The molecule has 0 spiro atoms. The van der Waals surface area contributed by atoms with Crippen molar-refractivity contribution in [3.05, 3.63) is 79.4 Å². The van der Waals surface area contributed by atoms with Gasteiger partial charge in [-0.15, -0.1) is 23.1 Å². The summed E-state index contributed by atoms with van der Waals surface area (Å²) < 4.78 is 12.8. The molecule has 0 amide bonds. The van der Waals surface area contributed by atoms with Gasteiger partial charge < -0.3 is 13.6 Å². The predicted octanol–water partition coefficient (Wildman–Crippen LogP) is 4.04. The zero-order valence-corrected chi connectivity index (χ0v) is 24.5. The average Bonchev–Trinajstić information content (AvgIpc) is 3.63. The number of fused-ring (bicyclic) bond motifs is 3. The van der Waals surface area contributed by atoms with E-state index in [2.05, 4.69) is 9.55 Å². The van der Waals surface area contributed by atoms with E-state index in [1.165, 1.54) is 18.4 Å². The van der Waals surface area contributed by atoms with E-state index in [-0.39, 0.29) is 48.7 Å². The van der Waals surface area contributed by atoms with Crippen molar-refractivity contribution in [3.63, 3.8) is 0 Å². The first-order chi connectivity index (χ1) is 16.8. The van der Waals surface area contributed by atoms with Gasteiger partial charge in [-0.2, -0.15) is 27.0 Å². The Morgan fingerprint density at radius 3 is 2.59 bits per heavy atom. The number of thiazole rings is 1. The summed E-state index contributed by atoms with van der Waals surface area (Å²) in [5.41, 5.74) is 2.36. The van der Waals surface area contributed by atoms with Crippen molar-refractivity contribution in [1.29, 1.82) is 0 Å². The smallest absolute Gasteiger partial charge is 0.331 e. The summed E-state index contributed by atoms with van der Waals surface area (Å²) in [6.07, 6.45) is 5.49. The third-order valence-electron chi connectivity index (χ3n) is 6.32. The van der Waals surface area contributed by atoms with Crippen LogP contribution in [0.1, 0.15) is 22.4 Å². The van der Waals surface area contributed by atoms with Crippen LogP contribution in [0.2, 0.25) is 5.22 Å². The molecule has 0 bridgehead atoms. The van der Waals surface area contributed by atoms with Gasteiger partial charge in [0.25, 0.3) is 5.56 Å². The zero-order valence-electron chi connectivity index (χ0n) is 20.1. The number of hydrogen-bond donors (Lipinski definition) is 0. The molecule has 6 rings (SSSR count). The van der Waals surface area contributed by atoms with E-state index in [9.17, 15) is 9.59 Å². The van der Waals surface area contributed by atoms with Crippen LogP contribution in [0.25, 0.3) is 21.6 Å². The number of imidazole rings is 1. The normalized spacial score (nSPS) is 16.9. The molecule has 1 aliphatic rings. The van der Waals surface area contributed by atoms with Crippen molar-refractivity contribution in [2.45, 2.75) is 30.5 Å². The number of hydrogen-bond acceptors (Lipinski definition) is 7. The fourth-order valence-electron chi connectivity index (χ4n) is 4.79. The molecule has 37 heavy (non-hydrogen) atoms. The zero-order chi connectivity index (χ0) is 24.4. The lowest BCUT2D eigenvalue weighted by atomic mass is 10.2. The van der Waals surface area contributed by atoms with Crippen LogP contribution in [0.15, 0.2) is 50.2 Å². The topological polar surface area (TPSA) is 92.8 Å². The largest absolute Gasteiger partial charge is 0.448 e. The Kier molecular flexibility index (Phi) is 7.82. The number of furan rings is 1. The Morgan fingerprint density at radius 1 is 1.19 bits per heavy atom. The lowest BCUT2D eigenvalue weighted by Crippen LogP contribution is -2.37. The Morgan fingerprint density at radius 2 is 1.97 bits per heavy atom. The number of rotatable bonds is 4. The van der Waals surface area contributed by atoms with E-state index in [4.69, 9.17) is 21.0 Å². The third kappa shape index (κ3) is 4.50. The second-order valence-electron chi connectivity index (χ2n) is 8.61. The summed E-state index contributed by atoms with van der Waals surface area (Å²) in [4.78, 5) is 35.5. The molecule has 1 aliphatic heterocycles. The average molecular weight is 597 g/mol. The molecule has 0 saturated carbocycles. The van der Waals surface area contributed by atoms with E-state index < -0.39 is 0 Å². The van der Waals surface area contributed by atoms with Crippen LogP contribution in [0.3, 0.4) is 0 Å². The SMILES string of the molecule is Cc1csc(-c2c3c(=O)n(C)c(=O)n(C)c3c3n2C[C@@H](Cn2ccnc2)S[C@@H]3c2ccc(Cl)o2)n1.S.S. The van der Waals surface area contributed by atoms with Gasteiger partial charge in [0.05, 0.1) is 28.6 Å². The van der Waals surface area contributed by atoms with Crippen LogP contribution < -0.4 is 11.2 Å². The molecule has 5 aromatic rings. The first-order valence-electron chi connectivity index (χ1n) is 10.9. The van der Waals surface area contributed by atoms with Gasteiger partial charge in [-0.1, -0.05) is 0 Å². The standard InChI is InChI=1S/C23H21ClN6O3S2.2H2S/c1-12-10-34-21(26-12)18-16-17(27(2)23(32)28(3)22(16)31)19-20(14-4-5-15(24)33-14)35-13(9-30(18)19)8-29-7-6-25-11-29;;/h4-7,10-11,13,20H,8-9H2,1-3H3;2*1H2/t13-,20-;;/m1../s1. The highest BCUT2D eigenvalue weighted by molar-refractivity contribution is 8.00. The van der Waals surface area contributed by atoms with Crippen LogP contribution in [0.5, 0.6) is 0 Å². The van der Waals surface area contributed by atoms with Crippen molar-refractivity contribution in [2.24, 2.45) is 14.1 Å². The van der Waals surface area contributed by atoms with Gasteiger partial charge in [0.2, 0.25) is 0 Å². The minimum atomic E-state index is -0.375. The van der Waals surface area contributed by atoms with E-state index in [0.29, 0.717) is 28.4 Å². The molecule has 6 heterocycles. The minimum Gasteiger partial charge on any atom is -0.448 e. The van der Waals surface area contributed by atoms with Crippen molar-refractivity contribution in [1.82, 2.24) is 28.2 Å². The Hall–Kier alpha value is -2.32. The Bertz CT molecular complexity index is 1700. The van der Waals surface area contributed by atoms with Crippen LogP contribution in [-0.4, -0.2) is 33.5 Å². The molecule has 0 aliphatic carbocycles. The van der Waals surface area contributed by atoms with E-state index in [0.717, 1.165) is 33.2 Å². The molecule has 0 aromatic carbocycles. The maximum absolute atomic E-state index is 13.6. The van der Waals surface area contributed by atoms with Gasteiger partial charge in [-0.3, -0.25) is 13.9 Å². The number of aromatic nitrogens is 6. The molecule has 0 radical (unpaired) electrons. The number of halogens is 1. The van der Waals surface area contributed by atoms with Gasteiger partial charge in [0.15, 0.2) is 5.22 Å². The lowest BCUT2D eigenvalue weighted by Gasteiger charge is -2.31. The quantitative estimate of drug-likeness (QED) is 0.311. The molecule has 0 unspecified atom stereocenters. The fourth-order valence-corrected chi connectivity index (χ4v) is 7.30. The minimum absolute atomic E-state index is 0. The van der Waals surface area contributed by atoms with Crippen LogP contribution >= 0.6 is 61.7 Å². The van der Waals surface area contributed by atoms with Crippen molar-refractivity contribution in [3.8, 4) is 10.7 Å². The monoisotopic (exact) mass is 596 g/mol. The van der Waals surface area contributed by atoms with E-state index >= 15 is 0 Å².